The summed E-state index contributed by atoms with van der Waals surface area (Å²) in [7, 11) is 0. The highest BCUT2D eigenvalue weighted by molar-refractivity contribution is 6.33. The first-order valence-corrected chi connectivity index (χ1v) is 6.46. The zero-order chi connectivity index (χ0) is 14.0. The highest BCUT2D eigenvalue weighted by atomic mass is 35.5. The molecule has 0 unspecified atom stereocenters. The Morgan fingerprint density at radius 2 is 2.16 bits per heavy atom. The summed E-state index contributed by atoms with van der Waals surface area (Å²) in [5.74, 6) is 5.50. The average Bonchev–Trinajstić information content (AvgIpc) is 2.36. The number of hydrazine groups is 1. The predicted octanol–water partition coefficient (Wildman–Crippen LogP) is 1.27. The number of nitrogens with one attached hydrogen (secondary N) is 1. The van der Waals surface area contributed by atoms with E-state index in [2.05, 4.69) is 10.4 Å². The number of nitrogens with two attached hydrogens (primary N) is 1. The molecule has 104 valence electrons. The van der Waals surface area contributed by atoms with Gasteiger partial charge in [0.2, 0.25) is 0 Å². The summed E-state index contributed by atoms with van der Waals surface area (Å²) in [5, 5.41) is 0.322. The van der Waals surface area contributed by atoms with Crippen LogP contribution in [-0.2, 0) is 4.74 Å². The maximum atomic E-state index is 12.4. The summed E-state index contributed by atoms with van der Waals surface area (Å²) in [4.78, 5) is 18.1. The molecule has 1 aromatic heterocycles. The van der Waals surface area contributed by atoms with Gasteiger partial charge in [0, 0.05) is 19.3 Å². The van der Waals surface area contributed by atoms with Crippen LogP contribution in [-0.4, -0.2) is 41.1 Å². The first kappa shape index (κ1) is 14.0. The van der Waals surface area contributed by atoms with Crippen molar-refractivity contribution in [2.24, 2.45) is 5.84 Å². The third-order valence-electron chi connectivity index (χ3n) is 2.93. The lowest BCUT2D eigenvalue weighted by Crippen LogP contribution is -2.48. The Hall–Kier alpha value is -1.37. The number of rotatable bonds is 2. The average molecular weight is 285 g/mol. The number of anilines is 1. The largest absolute Gasteiger partial charge is 0.372 e. The third kappa shape index (κ3) is 3.15. The molecule has 6 nitrogen and oxygen atoms in total. The normalized spacial score (nSPS) is 23.3. The van der Waals surface area contributed by atoms with Gasteiger partial charge in [-0.15, -0.1) is 0 Å². The van der Waals surface area contributed by atoms with Crippen molar-refractivity contribution in [3.63, 3.8) is 0 Å². The van der Waals surface area contributed by atoms with Crippen LogP contribution in [0.3, 0.4) is 0 Å². The fourth-order valence-electron chi connectivity index (χ4n) is 2.19. The Balaban J connectivity index is 2.17. The predicted molar refractivity (Wildman–Crippen MR) is 73.0 cm³/mol. The minimum atomic E-state index is -0.0972. The van der Waals surface area contributed by atoms with E-state index in [1.54, 1.807) is 11.0 Å². The number of amides is 1. The van der Waals surface area contributed by atoms with E-state index in [1.807, 2.05) is 13.8 Å². The van der Waals surface area contributed by atoms with Gasteiger partial charge in [-0.3, -0.25) is 4.79 Å². The van der Waals surface area contributed by atoms with Gasteiger partial charge >= 0.3 is 0 Å². The molecule has 1 fully saturated rings. The van der Waals surface area contributed by atoms with E-state index in [4.69, 9.17) is 22.2 Å². The number of nitrogen functional groups attached to an aromatic ring is 1. The van der Waals surface area contributed by atoms with Crippen LogP contribution in [0.25, 0.3) is 0 Å². The second-order valence-corrected chi connectivity index (χ2v) is 5.07. The fraction of sp³-hybridized carbons (Fsp3) is 0.500. The van der Waals surface area contributed by atoms with Gasteiger partial charge < -0.3 is 15.1 Å². The molecule has 0 saturated carbocycles. The van der Waals surface area contributed by atoms with Gasteiger partial charge in [-0.25, -0.2) is 10.8 Å². The molecule has 3 N–H and O–H groups in total. The van der Waals surface area contributed by atoms with Crippen LogP contribution in [0.1, 0.15) is 24.2 Å². The van der Waals surface area contributed by atoms with E-state index in [-0.39, 0.29) is 18.1 Å². The van der Waals surface area contributed by atoms with Crippen LogP contribution in [0.2, 0.25) is 5.02 Å². The van der Waals surface area contributed by atoms with E-state index in [1.165, 1.54) is 6.20 Å². The van der Waals surface area contributed by atoms with Gasteiger partial charge in [0.05, 0.1) is 22.8 Å². The van der Waals surface area contributed by atoms with Gasteiger partial charge in [-0.2, -0.15) is 0 Å². The van der Waals surface area contributed by atoms with Gasteiger partial charge in [-0.1, -0.05) is 11.6 Å². The maximum Gasteiger partial charge on any atom is 0.255 e. The molecule has 19 heavy (non-hydrogen) atoms. The van der Waals surface area contributed by atoms with Crippen molar-refractivity contribution in [3.05, 3.63) is 22.8 Å². The smallest absolute Gasteiger partial charge is 0.255 e. The molecular weight excluding hydrogens is 268 g/mol. The molecule has 0 radical (unpaired) electrons. The lowest BCUT2D eigenvalue weighted by atomic mass is 10.2. The molecule has 1 saturated heterocycles. The number of aromatic nitrogens is 1. The van der Waals surface area contributed by atoms with Crippen molar-refractivity contribution in [2.75, 3.05) is 18.5 Å². The van der Waals surface area contributed by atoms with Crippen LogP contribution in [0.4, 0.5) is 5.82 Å². The number of ether oxygens (including phenoxy) is 1. The lowest BCUT2D eigenvalue weighted by Gasteiger charge is -2.35. The van der Waals surface area contributed by atoms with Crippen LogP contribution in [0, 0.1) is 0 Å². The number of pyridine rings is 1. The van der Waals surface area contributed by atoms with E-state index in [0.717, 1.165) is 0 Å². The minimum absolute atomic E-state index is 0.0288. The molecular formula is C12H17ClN4O2. The zero-order valence-corrected chi connectivity index (χ0v) is 11.6. The first-order valence-electron chi connectivity index (χ1n) is 6.08. The molecule has 0 bridgehead atoms. The lowest BCUT2D eigenvalue weighted by molar-refractivity contribution is -0.0586. The van der Waals surface area contributed by atoms with Gasteiger partial charge in [0.25, 0.3) is 5.91 Å². The minimum Gasteiger partial charge on any atom is -0.372 e. The van der Waals surface area contributed by atoms with Crippen LogP contribution in [0.15, 0.2) is 12.3 Å². The SMILES string of the molecule is C[C@@H]1CN(C(=O)c2cnc(NN)c(Cl)c2)C[C@H](C)O1. The van der Waals surface area contributed by atoms with Crippen LogP contribution >= 0.6 is 11.6 Å². The summed E-state index contributed by atoms with van der Waals surface area (Å²) in [5.41, 5.74) is 2.82. The number of hydrogen-bond donors (Lipinski definition) is 2. The van der Waals surface area contributed by atoms with Crippen molar-refractivity contribution < 1.29 is 9.53 Å². The van der Waals surface area contributed by atoms with E-state index in [0.29, 0.717) is 29.5 Å². The second-order valence-electron chi connectivity index (χ2n) is 4.67. The van der Waals surface area contributed by atoms with Crippen molar-refractivity contribution in [2.45, 2.75) is 26.1 Å². The number of carbonyl (C=O) groups excluding carboxylic acids is 1. The Bertz CT molecular complexity index is 473. The molecule has 1 aliphatic rings. The van der Waals surface area contributed by atoms with Gasteiger partial charge in [0.1, 0.15) is 0 Å². The Morgan fingerprint density at radius 1 is 1.53 bits per heavy atom. The number of hydrogen-bond acceptors (Lipinski definition) is 5. The van der Waals surface area contributed by atoms with Crippen molar-refractivity contribution in [1.29, 1.82) is 0 Å². The molecule has 2 atom stereocenters. The highest BCUT2D eigenvalue weighted by Gasteiger charge is 2.27. The van der Waals surface area contributed by atoms with Crippen molar-refractivity contribution in [1.82, 2.24) is 9.88 Å². The molecule has 1 aliphatic heterocycles. The number of morpholine rings is 1. The number of nitrogens with zero attached hydrogens (tertiary/aromatic N) is 2. The molecule has 0 aliphatic carbocycles. The monoisotopic (exact) mass is 284 g/mol. The summed E-state index contributed by atoms with van der Waals surface area (Å²) in [6.07, 6.45) is 1.52. The molecule has 0 aromatic carbocycles. The van der Waals surface area contributed by atoms with Crippen LogP contribution < -0.4 is 11.3 Å². The maximum absolute atomic E-state index is 12.4. The third-order valence-corrected chi connectivity index (χ3v) is 3.22. The molecule has 0 spiro atoms. The van der Waals surface area contributed by atoms with E-state index in [9.17, 15) is 4.79 Å². The second kappa shape index (κ2) is 5.73. The Kier molecular flexibility index (Phi) is 4.24. The molecule has 1 amide bonds. The number of halogens is 1. The topological polar surface area (TPSA) is 80.5 Å². The molecule has 2 rings (SSSR count). The Morgan fingerprint density at radius 3 is 2.68 bits per heavy atom. The summed E-state index contributed by atoms with van der Waals surface area (Å²) in [6, 6.07) is 1.57. The van der Waals surface area contributed by atoms with Crippen molar-refractivity contribution in [3.8, 4) is 0 Å². The quantitative estimate of drug-likeness (QED) is 0.631. The molecule has 2 heterocycles. The van der Waals surface area contributed by atoms with Gasteiger partial charge in [-0.05, 0) is 19.9 Å². The summed E-state index contributed by atoms with van der Waals surface area (Å²) < 4.78 is 5.60. The van der Waals surface area contributed by atoms with Crippen molar-refractivity contribution >= 4 is 23.3 Å². The summed E-state index contributed by atoms with van der Waals surface area (Å²) in [6.45, 7) is 5.03. The fourth-order valence-corrected chi connectivity index (χ4v) is 2.41. The van der Waals surface area contributed by atoms with E-state index >= 15 is 0 Å². The van der Waals surface area contributed by atoms with Gasteiger partial charge in [0.15, 0.2) is 5.82 Å². The standard InChI is InChI=1S/C12H17ClN4O2/c1-7-5-17(6-8(2)19-7)12(18)9-3-10(13)11(16-14)15-4-9/h3-4,7-8H,5-6,14H2,1-2H3,(H,15,16)/t7-,8+. The Labute approximate surface area is 116 Å². The number of carbonyl (C=O) groups is 1. The highest BCUT2D eigenvalue weighted by Crippen LogP contribution is 2.21. The van der Waals surface area contributed by atoms with E-state index < -0.39 is 0 Å². The summed E-state index contributed by atoms with van der Waals surface area (Å²) >= 11 is 5.97. The zero-order valence-electron chi connectivity index (χ0n) is 10.9. The first-order chi connectivity index (χ1) is 9.01. The molecule has 7 heteroatoms. The molecule has 1 aromatic rings. The van der Waals surface area contributed by atoms with Crippen LogP contribution in [0.5, 0.6) is 0 Å².